The van der Waals surface area contributed by atoms with E-state index >= 15 is 0 Å². The number of aliphatic carboxylic acids is 1. The van der Waals surface area contributed by atoms with Crippen LogP contribution in [-0.4, -0.2) is 11.1 Å². The number of carboxylic acids is 1. The monoisotopic (exact) mass is 174 g/mol. The van der Waals surface area contributed by atoms with Crippen LogP contribution in [0.2, 0.25) is 0 Å². The van der Waals surface area contributed by atoms with E-state index in [2.05, 4.69) is 0 Å². The second-order valence-electron chi connectivity index (χ2n) is 2.61. The second kappa shape index (κ2) is 10.5. The Morgan fingerprint density at radius 1 is 1.17 bits per heavy atom. The molecular formula is C10H22O2. The van der Waals surface area contributed by atoms with Crippen LogP contribution in [0.1, 0.15) is 53.4 Å². The normalized spacial score (nSPS) is 9.08. The van der Waals surface area contributed by atoms with E-state index in [-0.39, 0.29) is 5.92 Å². The van der Waals surface area contributed by atoms with Gasteiger partial charge in [0.2, 0.25) is 0 Å². The highest BCUT2D eigenvalue weighted by atomic mass is 16.4. The number of carboxylic acid groups (broad SMARTS) is 1. The molecule has 0 heterocycles. The van der Waals surface area contributed by atoms with Gasteiger partial charge in [-0.05, 0) is 12.8 Å². The largest absolute Gasteiger partial charge is 0.481 e. The molecule has 2 heteroatoms. The van der Waals surface area contributed by atoms with Gasteiger partial charge in [-0.25, -0.2) is 0 Å². The first-order chi connectivity index (χ1) is 5.72. The van der Waals surface area contributed by atoms with Crippen molar-refractivity contribution in [3.8, 4) is 0 Å². The molecule has 1 N–H and O–H groups in total. The van der Waals surface area contributed by atoms with E-state index in [1.54, 1.807) is 0 Å². The fourth-order valence-electron chi connectivity index (χ4n) is 1.09. The maximum absolute atomic E-state index is 10.5. The molecule has 0 aliphatic rings. The highest BCUT2D eigenvalue weighted by molar-refractivity contribution is 5.69. The van der Waals surface area contributed by atoms with Crippen LogP contribution in [0.3, 0.4) is 0 Å². The zero-order chi connectivity index (χ0) is 9.98. The van der Waals surface area contributed by atoms with Gasteiger partial charge in [0.15, 0.2) is 0 Å². The summed E-state index contributed by atoms with van der Waals surface area (Å²) in [6.45, 7) is 8.04. The van der Waals surface area contributed by atoms with E-state index in [0.717, 1.165) is 25.7 Å². The lowest BCUT2D eigenvalue weighted by molar-refractivity contribution is -0.142. The quantitative estimate of drug-likeness (QED) is 0.694. The van der Waals surface area contributed by atoms with Gasteiger partial charge in [0, 0.05) is 0 Å². The summed E-state index contributed by atoms with van der Waals surface area (Å²) in [6, 6.07) is 0. The van der Waals surface area contributed by atoms with Gasteiger partial charge >= 0.3 is 5.97 Å². The Kier molecular flexibility index (Phi) is 12.2. The summed E-state index contributed by atoms with van der Waals surface area (Å²) < 4.78 is 0. The van der Waals surface area contributed by atoms with Crippen LogP contribution in [0.15, 0.2) is 0 Å². The third-order valence-electron chi connectivity index (χ3n) is 1.62. The van der Waals surface area contributed by atoms with Crippen molar-refractivity contribution in [3.05, 3.63) is 0 Å². The van der Waals surface area contributed by atoms with Crippen LogP contribution in [0.5, 0.6) is 0 Å². The van der Waals surface area contributed by atoms with Gasteiger partial charge in [0.05, 0.1) is 5.92 Å². The number of hydrogen-bond acceptors (Lipinski definition) is 1. The molecule has 0 aromatic carbocycles. The lowest BCUT2D eigenvalue weighted by Crippen LogP contribution is -2.12. The van der Waals surface area contributed by atoms with Crippen molar-refractivity contribution < 1.29 is 9.90 Å². The van der Waals surface area contributed by atoms with Crippen LogP contribution in [0.25, 0.3) is 0 Å². The Bertz CT molecular complexity index is 94.0. The molecule has 0 amide bonds. The average Bonchev–Trinajstić information content (AvgIpc) is 2.08. The zero-order valence-electron chi connectivity index (χ0n) is 8.76. The van der Waals surface area contributed by atoms with Crippen molar-refractivity contribution >= 4 is 5.97 Å². The predicted molar refractivity (Wildman–Crippen MR) is 52.3 cm³/mol. The van der Waals surface area contributed by atoms with E-state index in [1.807, 2.05) is 27.7 Å². The van der Waals surface area contributed by atoms with Gasteiger partial charge in [-0.2, -0.15) is 0 Å². The fraction of sp³-hybridized carbons (Fsp3) is 0.900. The molecule has 0 aromatic rings. The standard InChI is InChI=1S/C8H16O2.C2H6/c1-3-5-7(6-4-2)8(9)10;1-2/h7H,3-6H2,1-2H3,(H,9,10);1-2H3. The molecule has 0 saturated carbocycles. The lowest BCUT2D eigenvalue weighted by atomic mass is 9.99. The predicted octanol–water partition coefficient (Wildman–Crippen LogP) is 3.31. The maximum Gasteiger partial charge on any atom is 0.306 e. The third-order valence-corrected chi connectivity index (χ3v) is 1.62. The number of carbonyl (C=O) groups is 1. The lowest BCUT2D eigenvalue weighted by Gasteiger charge is -2.07. The molecule has 0 unspecified atom stereocenters. The molecule has 0 radical (unpaired) electrons. The molecule has 74 valence electrons. The summed E-state index contributed by atoms with van der Waals surface area (Å²) in [7, 11) is 0. The van der Waals surface area contributed by atoms with Crippen LogP contribution in [0, 0.1) is 5.92 Å². The first kappa shape index (κ1) is 14.0. The first-order valence-electron chi connectivity index (χ1n) is 4.95. The van der Waals surface area contributed by atoms with Crippen molar-refractivity contribution in [1.29, 1.82) is 0 Å². The van der Waals surface area contributed by atoms with E-state index in [4.69, 9.17) is 5.11 Å². The summed E-state index contributed by atoms with van der Waals surface area (Å²) in [4.78, 5) is 10.5. The van der Waals surface area contributed by atoms with Crippen molar-refractivity contribution in [2.75, 3.05) is 0 Å². The van der Waals surface area contributed by atoms with E-state index in [0.29, 0.717) is 0 Å². The molecule has 0 atom stereocenters. The number of rotatable bonds is 5. The van der Waals surface area contributed by atoms with Crippen molar-refractivity contribution in [2.24, 2.45) is 5.92 Å². The van der Waals surface area contributed by atoms with Gasteiger partial charge in [-0.3, -0.25) is 4.79 Å². The Balaban J connectivity index is 0. The molecule has 0 fully saturated rings. The minimum atomic E-state index is -0.635. The van der Waals surface area contributed by atoms with Crippen LogP contribution in [-0.2, 0) is 4.79 Å². The molecule has 0 rings (SSSR count). The van der Waals surface area contributed by atoms with E-state index in [9.17, 15) is 4.79 Å². The molecule has 0 aromatic heterocycles. The third kappa shape index (κ3) is 7.58. The highest BCUT2D eigenvalue weighted by Gasteiger charge is 2.13. The second-order valence-corrected chi connectivity index (χ2v) is 2.61. The molecule has 12 heavy (non-hydrogen) atoms. The first-order valence-corrected chi connectivity index (χ1v) is 4.95. The van der Waals surface area contributed by atoms with E-state index in [1.165, 1.54) is 0 Å². The maximum atomic E-state index is 10.5. The van der Waals surface area contributed by atoms with Gasteiger partial charge in [-0.15, -0.1) is 0 Å². The Morgan fingerprint density at radius 3 is 1.67 bits per heavy atom. The highest BCUT2D eigenvalue weighted by Crippen LogP contribution is 2.12. The van der Waals surface area contributed by atoms with E-state index < -0.39 is 5.97 Å². The Hall–Kier alpha value is -0.530. The summed E-state index contributed by atoms with van der Waals surface area (Å²) in [5.74, 6) is -0.737. The fourth-order valence-corrected chi connectivity index (χ4v) is 1.09. The topological polar surface area (TPSA) is 37.3 Å². The average molecular weight is 174 g/mol. The Labute approximate surface area is 76.0 Å². The summed E-state index contributed by atoms with van der Waals surface area (Å²) in [5, 5.41) is 8.64. The van der Waals surface area contributed by atoms with Crippen molar-refractivity contribution in [3.63, 3.8) is 0 Å². The summed E-state index contributed by atoms with van der Waals surface area (Å²) in [6.07, 6.45) is 3.58. The minimum Gasteiger partial charge on any atom is -0.481 e. The molecule has 0 aliphatic heterocycles. The molecule has 2 nitrogen and oxygen atoms in total. The minimum absolute atomic E-state index is 0.102. The van der Waals surface area contributed by atoms with Crippen molar-refractivity contribution in [1.82, 2.24) is 0 Å². The smallest absolute Gasteiger partial charge is 0.306 e. The van der Waals surface area contributed by atoms with Gasteiger partial charge in [-0.1, -0.05) is 40.5 Å². The molecular weight excluding hydrogens is 152 g/mol. The molecule has 0 spiro atoms. The van der Waals surface area contributed by atoms with Crippen molar-refractivity contribution in [2.45, 2.75) is 53.4 Å². The molecule has 0 bridgehead atoms. The number of hydrogen-bond donors (Lipinski definition) is 1. The summed E-state index contributed by atoms with van der Waals surface area (Å²) in [5.41, 5.74) is 0. The van der Waals surface area contributed by atoms with Gasteiger partial charge in [0.1, 0.15) is 0 Å². The van der Waals surface area contributed by atoms with Crippen LogP contribution >= 0.6 is 0 Å². The zero-order valence-corrected chi connectivity index (χ0v) is 8.76. The van der Waals surface area contributed by atoms with Gasteiger partial charge < -0.3 is 5.11 Å². The summed E-state index contributed by atoms with van der Waals surface area (Å²) >= 11 is 0. The Morgan fingerprint density at radius 2 is 1.50 bits per heavy atom. The molecule has 0 aliphatic carbocycles. The SMILES string of the molecule is CC.CCCC(CCC)C(=O)O. The van der Waals surface area contributed by atoms with Crippen LogP contribution in [0.4, 0.5) is 0 Å². The molecule has 0 saturated heterocycles. The van der Waals surface area contributed by atoms with Gasteiger partial charge in [0.25, 0.3) is 0 Å². The van der Waals surface area contributed by atoms with Crippen LogP contribution < -0.4 is 0 Å².